The summed E-state index contributed by atoms with van der Waals surface area (Å²) in [7, 11) is 0. The Kier molecular flexibility index (Phi) is 7.14. The molecule has 46 heavy (non-hydrogen) atoms. The van der Waals surface area contributed by atoms with Crippen molar-refractivity contribution in [2.24, 2.45) is 0 Å². The van der Waals surface area contributed by atoms with Gasteiger partial charge in [0.15, 0.2) is 0 Å². The first-order chi connectivity index (χ1) is 22.8. The Morgan fingerprint density at radius 2 is 1.00 bits per heavy atom. The molecule has 0 aliphatic rings. The largest absolute Gasteiger partial charge is 0.265 e. The number of pyridine rings is 4. The van der Waals surface area contributed by atoms with Gasteiger partial charge in [-0.05, 0) is 87.5 Å². The van der Waals surface area contributed by atoms with E-state index >= 15 is 0 Å². The van der Waals surface area contributed by atoms with Crippen LogP contribution in [0.5, 0.6) is 0 Å². The van der Waals surface area contributed by atoms with Gasteiger partial charge in [0.2, 0.25) is 0 Å². The molecule has 4 nitrogen and oxygen atoms in total. The fourth-order valence-electron chi connectivity index (χ4n) is 5.96. The van der Waals surface area contributed by atoms with E-state index in [2.05, 4.69) is 118 Å². The van der Waals surface area contributed by atoms with Gasteiger partial charge in [-0.15, -0.1) is 0 Å². The predicted molar refractivity (Wildman–Crippen MR) is 188 cm³/mol. The van der Waals surface area contributed by atoms with E-state index < -0.39 is 0 Å². The third-order valence-electron chi connectivity index (χ3n) is 8.31. The number of hydrogen-bond acceptors (Lipinski definition) is 4. The smallest absolute Gasteiger partial charge is 0.0731 e. The summed E-state index contributed by atoms with van der Waals surface area (Å²) in [5.41, 5.74) is 13.7. The highest BCUT2D eigenvalue weighted by Gasteiger charge is 2.12. The first kappa shape index (κ1) is 27.3. The van der Waals surface area contributed by atoms with Gasteiger partial charge in [0.05, 0.1) is 16.9 Å². The Hall–Kier alpha value is -6.26. The second-order valence-corrected chi connectivity index (χ2v) is 11.2. The van der Waals surface area contributed by atoms with Crippen LogP contribution in [0.25, 0.3) is 77.9 Å². The molecule has 0 aliphatic carbocycles. The SMILES string of the molecule is c1ccc(-c2cncc(-c3cc(-c4ccc(-c5cccc6ncccc56)cc4)cc(-c4cccc(-c5ccncc5)c4)n3)c2)cc1. The zero-order chi connectivity index (χ0) is 30.7. The molecule has 0 N–H and O–H groups in total. The van der Waals surface area contributed by atoms with Gasteiger partial charge >= 0.3 is 0 Å². The van der Waals surface area contributed by atoms with Crippen molar-refractivity contribution in [3.8, 4) is 67.0 Å². The van der Waals surface area contributed by atoms with Gasteiger partial charge in [-0.25, -0.2) is 4.98 Å². The van der Waals surface area contributed by atoms with E-state index in [9.17, 15) is 0 Å². The Bertz CT molecular complexity index is 2190. The molecule has 8 rings (SSSR count). The first-order valence-electron chi connectivity index (χ1n) is 15.3. The Labute approximate surface area is 267 Å². The van der Waals surface area contributed by atoms with Crippen molar-refractivity contribution in [2.75, 3.05) is 0 Å². The van der Waals surface area contributed by atoms with Gasteiger partial charge in [-0.3, -0.25) is 15.0 Å². The summed E-state index contributed by atoms with van der Waals surface area (Å²) < 4.78 is 0. The van der Waals surface area contributed by atoms with Gasteiger partial charge in [0.1, 0.15) is 0 Å². The molecule has 0 aliphatic heterocycles. The van der Waals surface area contributed by atoms with Crippen molar-refractivity contribution in [3.63, 3.8) is 0 Å². The van der Waals surface area contributed by atoms with Crippen LogP contribution in [0.3, 0.4) is 0 Å². The quantitative estimate of drug-likeness (QED) is 0.194. The van der Waals surface area contributed by atoms with Crippen molar-refractivity contribution in [1.82, 2.24) is 19.9 Å². The van der Waals surface area contributed by atoms with Crippen LogP contribution in [0.2, 0.25) is 0 Å². The van der Waals surface area contributed by atoms with E-state index in [1.807, 2.05) is 67.4 Å². The number of rotatable bonds is 6. The molecule has 4 heterocycles. The summed E-state index contributed by atoms with van der Waals surface area (Å²) >= 11 is 0. The van der Waals surface area contributed by atoms with Gasteiger partial charge in [-0.1, -0.05) is 91.0 Å². The molecule has 0 spiro atoms. The molecule has 0 bridgehead atoms. The second-order valence-electron chi connectivity index (χ2n) is 11.2. The molecule has 216 valence electrons. The minimum Gasteiger partial charge on any atom is -0.265 e. The minimum atomic E-state index is 0.872. The topological polar surface area (TPSA) is 51.6 Å². The average Bonchev–Trinajstić information content (AvgIpc) is 3.15. The molecule has 0 amide bonds. The summed E-state index contributed by atoms with van der Waals surface area (Å²) in [6, 6.07) is 48.6. The van der Waals surface area contributed by atoms with Crippen molar-refractivity contribution in [1.29, 1.82) is 0 Å². The van der Waals surface area contributed by atoms with Crippen LogP contribution >= 0.6 is 0 Å². The standard InChI is InChI=1S/C42H28N4/c1-2-7-29(8-3-1)36-24-37(28-44-27-36)42-26-35(25-41(46-42)34-10-4-9-33(23-34)31-18-21-43-22-19-31)30-14-16-32(17-15-30)38-11-5-13-40-39(38)12-6-20-45-40/h1-28H. The molecule has 4 aromatic heterocycles. The van der Waals surface area contributed by atoms with Crippen molar-refractivity contribution >= 4 is 10.9 Å². The number of benzene rings is 4. The van der Waals surface area contributed by atoms with Gasteiger partial charge in [0, 0.05) is 53.1 Å². The summed E-state index contributed by atoms with van der Waals surface area (Å²) in [5.74, 6) is 0. The average molecular weight is 589 g/mol. The summed E-state index contributed by atoms with van der Waals surface area (Å²) in [5, 5.41) is 1.14. The van der Waals surface area contributed by atoms with Crippen molar-refractivity contribution < 1.29 is 0 Å². The third-order valence-corrected chi connectivity index (χ3v) is 8.31. The Morgan fingerprint density at radius 3 is 1.85 bits per heavy atom. The molecule has 0 unspecified atom stereocenters. The predicted octanol–water partition coefficient (Wildman–Crippen LogP) is 10.4. The van der Waals surface area contributed by atoms with Crippen LogP contribution in [0.15, 0.2) is 171 Å². The van der Waals surface area contributed by atoms with E-state index in [1.54, 1.807) is 0 Å². The molecule has 0 atom stereocenters. The first-order valence-corrected chi connectivity index (χ1v) is 15.3. The zero-order valence-corrected chi connectivity index (χ0v) is 25.0. The van der Waals surface area contributed by atoms with Crippen LogP contribution in [0.1, 0.15) is 0 Å². The molecule has 0 fully saturated rings. The van der Waals surface area contributed by atoms with Crippen LogP contribution in [-0.2, 0) is 0 Å². The van der Waals surface area contributed by atoms with E-state index in [1.165, 1.54) is 5.56 Å². The lowest BCUT2D eigenvalue weighted by Gasteiger charge is -2.13. The maximum absolute atomic E-state index is 5.21. The number of aromatic nitrogens is 4. The maximum Gasteiger partial charge on any atom is 0.0731 e. The highest BCUT2D eigenvalue weighted by Crippen LogP contribution is 2.35. The van der Waals surface area contributed by atoms with E-state index in [0.29, 0.717) is 0 Å². The third kappa shape index (κ3) is 5.44. The highest BCUT2D eigenvalue weighted by molar-refractivity contribution is 5.95. The van der Waals surface area contributed by atoms with E-state index in [-0.39, 0.29) is 0 Å². The molecular weight excluding hydrogens is 560 g/mol. The lowest BCUT2D eigenvalue weighted by Crippen LogP contribution is -1.93. The lowest BCUT2D eigenvalue weighted by molar-refractivity contribution is 1.28. The monoisotopic (exact) mass is 588 g/mol. The molecule has 4 aromatic carbocycles. The molecule has 8 aromatic rings. The molecule has 0 saturated heterocycles. The second kappa shape index (κ2) is 12.0. The van der Waals surface area contributed by atoms with E-state index in [4.69, 9.17) is 4.98 Å². The normalized spacial score (nSPS) is 11.0. The minimum absolute atomic E-state index is 0.872. The Balaban J connectivity index is 1.25. The molecule has 0 radical (unpaired) electrons. The number of fused-ring (bicyclic) bond motifs is 1. The van der Waals surface area contributed by atoms with Gasteiger partial charge in [-0.2, -0.15) is 0 Å². The highest BCUT2D eigenvalue weighted by atomic mass is 14.7. The van der Waals surface area contributed by atoms with E-state index in [0.717, 1.165) is 72.4 Å². The van der Waals surface area contributed by atoms with Gasteiger partial charge in [0.25, 0.3) is 0 Å². The van der Waals surface area contributed by atoms with Crippen LogP contribution in [0, 0.1) is 0 Å². The molecule has 4 heteroatoms. The van der Waals surface area contributed by atoms with Crippen molar-refractivity contribution in [3.05, 3.63) is 171 Å². The summed E-state index contributed by atoms with van der Waals surface area (Å²) in [6.45, 7) is 0. The lowest BCUT2D eigenvalue weighted by atomic mass is 9.95. The fraction of sp³-hybridized carbons (Fsp3) is 0. The molecule has 0 saturated carbocycles. The van der Waals surface area contributed by atoms with Crippen molar-refractivity contribution in [2.45, 2.75) is 0 Å². The molecular formula is C42H28N4. The zero-order valence-electron chi connectivity index (χ0n) is 25.0. The summed E-state index contributed by atoms with van der Waals surface area (Å²) in [4.78, 5) is 18.6. The fourth-order valence-corrected chi connectivity index (χ4v) is 5.96. The number of hydrogen-bond donors (Lipinski definition) is 0. The van der Waals surface area contributed by atoms with Crippen LogP contribution in [-0.4, -0.2) is 19.9 Å². The summed E-state index contributed by atoms with van der Waals surface area (Å²) in [6.07, 6.45) is 9.29. The number of nitrogens with zero attached hydrogens (tertiary/aromatic N) is 4. The van der Waals surface area contributed by atoms with Gasteiger partial charge < -0.3 is 0 Å². The Morgan fingerprint density at radius 1 is 0.348 bits per heavy atom. The maximum atomic E-state index is 5.21. The van der Waals surface area contributed by atoms with Crippen LogP contribution in [0.4, 0.5) is 0 Å². The van der Waals surface area contributed by atoms with Crippen LogP contribution < -0.4 is 0 Å².